The Morgan fingerprint density at radius 3 is 2.87 bits per heavy atom. The number of anilines is 1. The van der Waals surface area contributed by atoms with Crippen LogP contribution < -0.4 is 16.4 Å². The molecule has 9 heteroatoms. The third-order valence-corrected chi connectivity index (χ3v) is 5.32. The molecule has 30 heavy (non-hydrogen) atoms. The summed E-state index contributed by atoms with van der Waals surface area (Å²) in [6.45, 7) is 6.94. The summed E-state index contributed by atoms with van der Waals surface area (Å²) in [5.74, 6) is 0.403. The molecule has 4 rings (SSSR count). The molecule has 158 valence electrons. The van der Waals surface area contributed by atoms with E-state index in [0.29, 0.717) is 23.6 Å². The van der Waals surface area contributed by atoms with Crippen molar-refractivity contribution in [2.45, 2.75) is 19.4 Å². The van der Waals surface area contributed by atoms with Gasteiger partial charge in [-0.2, -0.15) is 5.10 Å². The van der Waals surface area contributed by atoms with Crippen LogP contribution in [0.15, 0.2) is 46.1 Å². The average Bonchev–Trinajstić information content (AvgIpc) is 2.77. The lowest BCUT2D eigenvalue weighted by Gasteiger charge is -2.26. The second-order valence-corrected chi connectivity index (χ2v) is 7.41. The fourth-order valence-electron chi connectivity index (χ4n) is 3.61. The highest BCUT2D eigenvalue weighted by molar-refractivity contribution is 5.80. The number of hydrogen-bond donors (Lipinski definition) is 2. The molecule has 1 fully saturated rings. The number of aromatic nitrogens is 4. The molecule has 1 aliphatic rings. The van der Waals surface area contributed by atoms with Gasteiger partial charge >= 0.3 is 0 Å². The first-order valence-electron chi connectivity index (χ1n) is 10.2. The summed E-state index contributed by atoms with van der Waals surface area (Å²) < 4.78 is 6.72. The molecule has 3 heterocycles. The molecule has 0 saturated carbocycles. The molecule has 1 saturated heterocycles. The molecule has 0 aliphatic carbocycles. The Hall–Kier alpha value is -3.04. The molecule has 2 N–H and O–H groups in total. The quantitative estimate of drug-likeness (QED) is 0.564. The molecule has 0 bridgehead atoms. The third-order valence-electron chi connectivity index (χ3n) is 5.32. The van der Waals surface area contributed by atoms with Crippen molar-refractivity contribution in [3.8, 4) is 0 Å². The number of benzene rings is 1. The lowest BCUT2D eigenvalue weighted by molar-refractivity contribution is 0.0378. The molecule has 1 aliphatic heterocycles. The summed E-state index contributed by atoms with van der Waals surface area (Å²) in [7, 11) is 0. The van der Waals surface area contributed by atoms with Crippen molar-refractivity contribution in [2.75, 3.05) is 44.7 Å². The fourth-order valence-corrected chi connectivity index (χ4v) is 3.61. The van der Waals surface area contributed by atoms with Crippen molar-refractivity contribution in [1.82, 2.24) is 24.6 Å². The van der Waals surface area contributed by atoms with Gasteiger partial charge in [-0.05, 0) is 26.0 Å². The van der Waals surface area contributed by atoms with E-state index in [1.165, 1.54) is 10.7 Å². The monoisotopic (exact) mass is 410 g/mol. The van der Waals surface area contributed by atoms with E-state index in [4.69, 9.17) is 4.74 Å². The zero-order chi connectivity index (χ0) is 20.9. The van der Waals surface area contributed by atoms with Crippen LogP contribution in [-0.4, -0.2) is 64.0 Å². The lowest BCUT2D eigenvalue weighted by atomic mass is 10.2. The summed E-state index contributed by atoms with van der Waals surface area (Å²) in [4.78, 5) is 34.6. The van der Waals surface area contributed by atoms with Crippen LogP contribution in [0.5, 0.6) is 0 Å². The Morgan fingerprint density at radius 2 is 2.03 bits per heavy atom. The highest BCUT2D eigenvalue weighted by atomic mass is 16.5. The molecule has 9 nitrogen and oxygen atoms in total. The van der Waals surface area contributed by atoms with Crippen LogP contribution in [-0.2, 0) is 4.74 Å². The van der Waals surface area contributed by atoms with Gasteiger partial charge in [0.1, 0.15) is 0 Å². The zero-order valence-electron chi connectivity index (χ0n) is 17.0. The number of fused-ring (bicyclic) bond motifs is 1. The van der Waals surface area contributed by atoms with Gasteiger partial charge in [0.15, 0.2) is 0 Å². The van der Waals surface area contributed by atoms with Crippen LogP contribution in [0.3, 0.4) is 0 Å². The second-order valence-electron chi connectivity index (χ2n) is 7.41. The van der Waals surface area contributed by atoms with Gasteiger partial charge in [0.25, 0.3) is 11.1 Å². The number of nitrogens with one attached hydrogen (secondary N) is 2. The van der Waals surface area contributed by atoms with Crippen LogP contribution >= 0.6 is 0 Å². The molecule has 2 aromatic heterocycles. The van der Waals surface area contributed by atoms with E-state index in [0.717, 1.165) is 44.7 Å². The molecular formula is C21H26N6O3. The number of hydrogen-bond acceptors (Lipinski definition) is 7. The SMILES string of the molecule is C[C@H](c1cc(=O)[nH]c(NCCCN2CCOCC2)n1)n1ncc2ccccc2c1=O. The maximum Gasteiger partial charge on any atom is 0.275 e. The first-order chi connectivity index (χ1) is 14.6. The van der Waals surface area contributed by atoms with Crippen LogP contribution in [0.2, 0.25) is 0 Å². The topological polar surface area (TPSA) is 105 Å². The Bertz CT molecular complexity index is 1120. The van der Waals surface area contributed by atoms with Gasteiger partial charge in [-0.3, -0.25) is 19.5 Å². The zero-order valence-corrected chi connectivity index (χ0v) is 17.0. The van der Waals surface area contributed by atoms with Gasteiger partial charge in [0.2, 0.25) is 5.95 Å². The van der Waals surface area contributed by atoms with E-state index >= 15 is 0 Å². The average molecular weight is 410 g/mol. The summed E-state index contributed by atoms with van der Waals surface area (Å²) >= 11 is 0. The normalized spacial score (nSPS) is 15.9. The molecular weight excluding hydrogens is 384 g/mol. The molecule has 0 radical (unpaired) electrons. The summed E-state index contributed by atoms with van der Waals surface area (Å²) in [6, 6.07) is 8.25. The van der Waals surface area contributed by atoms with E-state index < -0.39 is 6.04 Å². The van der Waals surface area contributed by atoms with E-state index in [2.05, 4.69) is 25.3 Å². The van der Waals surface area contributed by atoms with Gasteiger partial charge in [-0.25, -0.2) is 9.67 Å². The maximum atomic E-state index is 12.8. The molecule has 1 aromatic carbocycles. The number of H-pyrrole nitrogens is 1. The smallest absolute Gasteiger partial charge is 0.275 e. The molecule has 1 atom stereocenters. The van der Waals surface area contributed by atoms with Crippen LogP contribution in [0.4, 0.5) is 5.95 Å². The number of nitrogens with zero attached hydrogens (tertiary/aromatic N) is 4. The number of aromatic amines is 1. The predicted octanol–water partition coefficient (Wildman–Crippen LogP) is 1.22. The Morgan fingerprint density at radius 1 is 1.23 bits per heavy atom. The lowest BCUT2D eigenvalue weighted by Crippen LogP contribution is -2.37. The minimum absolute atomic E-state index is 0.206. The maximum absolute atomic E-state index is 12.8. The van der Waals surface area contributed by atoms with Gasteiger partial charge in [0, 0.05) is 31.1 Å². The van der Waals surface area contributed by atoms with Crippen molar-refractivity contribution in [3.63, 3.8) is 0 Å². The summed E-state index contributed by atoms with van der Waals surface area (Å²) in [6.07, 6.45) is 2.58. The van der Waals surface area contributed by atoms with Gasteiger partial charge in [0.05, 0.1) is 36.5 Å². The van der Waals surface area contributed by atoms with Crippen LogP contribution in [0, 0.1) is 0 Å². The second kappa shape index (κ2) is 9.19. The molecule has 0 spiro atoms. The van der Waals surface area contributed by atoms with E-state index in [9.17, 15) is 9.59 Å². The predicted molar refractivity (Wildman–Crippen MR) is 115 cm³/mol. The highest BCUT2D eigenvalue weighted by Gasteiger charge is 2.16. The largest absolute Gasteiger partial charge is 0.379 e. The first-order valence-corrected chi connectivity index (χ1v) is 10.2. The van der Waals surface area contributed by atoms with Crippen molar-refractivity contribution >= 4 is 16.7 Å². The van der Waals surface area contributed by atoms with Crippen LogP contribution in [0.1, 0.15) is 25.1 Å². The minimum Gasteiger partial charge on any atom is -0.379 e. The molecule has 0 unspecified atom stereocenters. The van der Waals surface area contributed by atoms with E-state index in [-0.39, 0.29) is 11.1 Å². The summed E-state index contributed by atoms with van der Waals surface area (Å²) in [5.41, 5.74) is 0.0124. The Kier molecular flexibility index (Phi) is 6.20. The third kappa shape index (κ3) is 4.58. The Labute approximate surface area is 173 Å². The molecule has 3 aromatic rings. The fraction of sp³-hybridized carbons (Fsp3) is 0.429. The minimum atomic E-state index is -0.474. The van der Waals surface area contributed by atoms with Crippen molar-refractivity contribution < 1.29 is 4.74 Å². The number of rotatable bonds is 7. The van der Waals surface area contributed by atoms with E-state index in [1.807, 2.05) is 25.1 Å². The van der Waals surface area contributed by atoms with Gasteiger partial charge in [-0.15, -0.1) is 0 Å². The van der Waals surface area contributed by atoms with Crippen molar-refractivity contribution in [3.05, 3.63) is 62.9 Å². The highest BCUT2D eigenvalue weighted by Crippen LogP contribution is 2.14. The van der Waals surface area contributed by atoms with E-state index in [1.54, 1.807) is 12.3 Å². The first kappa shape index (κ1) is 20.2. The number of morpholine rings is 1. The van der Waals surface area contributed by atoms with Crippen LogP contribution in [0.25, 0.3) is 10.8 Å². The van der Waals surface area contributed by atoms with Gasteiger partial charge < -0.3 is 10.1 Å². The van der Waals surface area contributed by atoms with Crippen molar-refractivity contribution in [1.29, 1.82) is 0 Å². The summed E-state index contributed by atoms with van der Waals surface area (Å²) in [5, 5.41) is 8.84. The van der Waals surface area contributed by atoms with Gasteiger partial charge in [-0.1, -0.05) is 18.2 Å². The Balaban J connectivity index is 1.46. The molecule has 0 amide bonds. The van der Waals surface area contributed by atoms with Crippen molar-refractivity contribution in [2.24, 2.45) is 0 Å². The standard InChI is InChI=1S/C21H26N6O3/c1-15(27-20(29)17-6-3-2-5-16(17)14-23-27)18-13-19(28)25-21(24-18)22-7-4-8-26-9-11-30-12-10-26/h2-3,5-6,13-15H,4,7-12H2,1H3,(H2,22,24,25,28)/t15-/m1/s1. The number of ether oxygens (including phenoxy) is 1.